The van der Waals surface area contributed by atoms with Gasteiger partial charge in [-0.25, -0.2) is 4.98 Å². The number of aromatic nitrogens is 2. The summed E-state index contributed by atoms with van der Waals surface area (Å²) in [7, 11) is 0. The van der Waals surface area contributed by atoms with Gasteiger partial charge in [0.05, 0.1) is 0 Å². The molecule has 2 aromatic heterocycles. The average Bonchev–Trinajstić information content (AvgIpc) is 3.02. The predicted octanol–water partition coefficient (Wildman–Crippen LogP) is 3.24. The van der Waals surface area contributed by atoms with Crippen LogP contribution in [-0.4, -0.2) is 22.4 Å². The summed E-state index contributed by atoms with van der Waals surface area (Å²) < 4.78 is 0. The Balaban J connectivity index is 0.00000156. The van der Waals surface area contributed by atoms with Gasteiger partial charge in [-0.2, -0.15) is 0 Å². The van der Waals surface area contributed by atoms with Gasteiger partial charge in [-0.05, 0) is 23.8 Å². The molecule has 3 aromatic rings. The van der Waals surface area contributed by atoms with Gasteiger partial charge in [-0.1, -0.05) is 30.3 Å². The number of halogens is 2. The Morgan fingerprint density at radius 1 is 1.20 bits per heavy atom. The van der Waals surface area contributed by atoms with Gasteiger partial charge in [0, 0.05) is 42.0 Å². The number of nitrogens with two attached hydrogens (primary N) is 1. The topological polar surface area (TPSA) is 83.8 Å². The van der Waals surface area contributed by atoms with Gasteiger partial charge in [0.25, 0.3) is 0 Å². The number of pyridine rings is 1. The summed E-state index contributed by atoms with van der Waals surface area (Å²) >= 11 is 0. The van der Waals surface area contributed by atoms with E-state index in [1.54, 1.807) is 12.3 Å². The lowest BCUT2D eigenvalue weighted by molar-refractivity contribution is -0.116. The lowest BCUT2D eigenvalue weighted by Crippen LogP contribution is -2.30. The van der Waals surface area contributed by atoms with Gasteiger partial charge < -0.3 is 16.0 Å². The summed E-state index contributed by atoms with van der Waals surface area (Å²) in [5.41, 5.74) is 8.79. The fourth-order valence-electron chi connectivity index (χ4n) is 2.37. The second kappa shape index (κ2) is 9.84. The van der Waals surface area contributed by atoms with Crippen molar-refractivity contribution >= 4 is 47.8 Å². The van der Waals surface area contributed by atoms with Gasteiger partial charge in [0.15, 0.2) is 0 Å². The van der Waals surface area contributed by atoms with E-state index in [2.05, 4.69) is 15.3 Å². The van der Waals surface area contributed by atoms with Crippen LogP contribution in [0.3, 0.4) is 0 Å². The zero-order chi connectivity index (χ0) is 16.1. The standard InChI is InChI=1S/C18H18N4O.2ClH/c19-16(13-5-2-1-3-6-13)12-21-17(23)9-8-14-11-22-18-15(14)7-4-10-20-18;;/h1-11,16H,12,19H2,(H,20,22)(H,21,23);2*1H/b9-8+;;/t16-;;/m0../s1. The number of nitrogens with one attached hydrogen (secondary N) is 2. The molecule has 0 fully saturated rings. The van der Waals surface area contributed by atoms with E-state index in [1.807, 2.05) is 48.7 Å². The van der Waals surface area contributed by atoms with Crippen molar-refractivity contribution in [2.24, 2.45) is 5.73 Å². The number of nitrogens with zero attached hydrogens (tertiary/aromatic N) is 1. The smallest absolute Gasteiger partial charge is 0.244 e. The quantitative estimate of drug-likeness (QED) is 0.595. The second-order valence-corrected chi connectivity index (χ2v) is 5.24. The highest BCUT2D eigenvalue weighted by atomic mass is 35.5. The molecule has 25 heavy (non-hydrogen) atoms. The Morgan fingerprint density at radius 3 is 2.72 bits per heavy atom. The molecule has 4 N–H and O–H groups in total. The first-order chi connectivity index (χ1) is 11.2. The number of aromatic amines is 1. The Labute approximate surface area is 158 Å². The Bertz CT molecular complexity index is 833. The number of carbonyl (C=O) groups excluding carboxylic acids is 1. The van der Waals surface area contributed by atoms with Crippen molar-refractivity contribution in [3.05, 3.63) is 72.1 Å². The molecular formula is C18H20Cl2N4O. The maximum absolute atomic E-state index is 11.9. The Hall–Kier alpha value is -2.34. The second-order valence-electron chi connectivity index (χ2n) is 5.24. The number of benzene rings is 1. The molecule has 1 atom stereocenters. The number of fused-ring (bicyclic) bond motifs is 1. The van der Waals surface area contributed by atoms with Crippen LogP contribution in [0.5, 0.6) is 0 Å². The molecule has 0 bridgehead atoms. The molecule has 1 amide bonds. The van der Waals surface area contributed by atoms with E-state index in [1.165, 1.54) is 6.08 Å². The molecule has 0 saturated heterocycles. The third-order valence-corrected chi connectivity index (χ3v) is 3.62. The van der Waals surface area contributed by atoms with Crippen LogP contribution in [0.4, 0.5) is 0 Å². The minimum Gasteiger partial charge on any atom is -0.351 e. The van der Waals surface area contributed by atoms with Crippen molar-refractivity contribution in [3.63, 3.8) is 0 Å². The molecule has 0 saturated carbocycles. The molecule has 1 aromatic carbocycles. The van der Waals surface area contributed by atoms with E-state index in [0.29, 0.717) is 6.54 Å². The van der Waals surface area contributed by atoms with Crippen LogP contribution < -0.4 is 11.1 Å². The van der Waals surface area contributed by atoms with Gasteiger partial charge >= 0.3 is 0 Å². The molecule has 3 rings (SSSR count). The lowest BCUT2D eigenvalue weighted by atomic mass is 10.1. The van der Waals surface area contributed by atoms with Crippen LogP contribution in [0.25, 0.3) is 17.1 Å². The highest BCUT2D eigenvalue weighted by molar-refractivity contribution is 5.95. The van der Waals surface area contributed by atoms with Gasteiger partial charge in [0.1, 0.15) is 5.65 Å². The summed E-state index contributed by atoms with van der Waals surface area (Å²) in [5, 5.41) is 3.80. The van der Waals surface area contributed by atoms with E-state index >= 15 is 0 Å². The molecule has 7 heteroatoms. The molecular weight excluding hydrogens is 359 g/mol. The zero-order valence-corrected chi connectivity index (χ0v) is 15.0. The van der Waals surface area contributed by atoms with Crippen LogP contribution in [0.15, 0.2) is 60.9 Å². The first-order valence-corrected chi connectivity index (χ1v) is 7.42. The third-order valence-electron chi connectivity index (χ3n) is 3.62. The van der Waals surface area contributed by atoms with Gasteiger partial charge in [-0.15, -0.1) is 24.8 Å². The molecule has 2 heterocycles. The first kappa shape index (κ1) is 20.7. The van der Waals surface area contributed by atoms with E-state index in [0.717, 1.165) is 22.2 Å². The van der Waals surface area contributed by atoms with Crippen molar-refractivity contribution in [1.29, 1.82) is 0 Å². The third kappa shape index (κ3) is 5.32. The van der Waals surface area contributed by atoms with Crippen LogP contribution in [0, 0.1) is 0 Å². The minimum atomic E-state index is -0.217. The highest BCUT2D eigenvalue weighted by Gasteiger charge is 2.06. The number of carbonyl (C=O) groups is 1. The number of amides is 1. The molecule has 0 aliphatic heterocycles. The zero-order valence-electron chi connectivity index (χ0n) is 13.4. The van der Waals surface area contributed by atoms with Gasteiger partial charge in [-0.3, -0.25) is 4.79 Å². The fourth-order valence-corrected chi connectivity index (χ4v) is 2.37. The van der Waals surface area contributed by atoms with E-state index in [-0.39, 0.29) is 36.8 Å². The van der Waals surface area contributed by atoms with Crippen molar-refractivity contribution in [3.8, 4) is 0 Å². The normalized spacial score (nSPS) is 11.6. The first-order valence-electron chi connectivity index (χ1n) is 7.42. The predicted molar refractivity (Wildman–Crippen MR) is 106 cm³/mol. The van der Waals surface area contributed by atoms with Gasteiger partial charge in [0.2, 0.25) is 5.91 Å². The number of hydrogen-bond acceptors (Lipinski definition) is 3. The van der Waals surface area contributed by atoms with Crippen molar-refractivity contribution in [1.82, 2.24) is 15.3 Å². The van der Waals surface area contributed by atoms with Crippen molar-refractivity contribution in [2.45, 2.75) is 6.04 Å². The summed E-state index contributed by atoms with van der Waals surface area (Å²) in [6, 6.07) is 13.3. The summed E-state index contributed by atoms with van der Waals surface area (Å²) in [5.74, 6) is -0.172. The van der Waals surface area contributed by atoms with E-state index in [4.69, 9.17) is 5.73 Å². The molecule has 132 valence electrons. The SMILES string of the molecule is Cl.Cl.N[C@@H](CNC(=O)/C=C/c1c[nH]c2ncccc12)c1ccccc1. The molecule has 0 radical (unpaired) electrons. The number of H-pyrrole nitrogens is 1. The molecule has 0 spiro atoms. The number of rotatable bonds is 5. The summed E-state index contributed by atoms with van der Waals surface area (Å²) in [6.07, 6.45) is 6.83. The van der Waals surface area contributed by atoms with Crippen LogP contribution in [-0.2, 0) is 4.79 Å². The largest absolute Gasteiger partial charge is 0.351 e. The monoisotopic (exact) mass is 378 g/mol. The number of hydrogen-bond donors (Lipinski definition) is 3. The van der Waals surface area contributed by atoms with Crippen LogP contribution in [0.1, 0.15) is 17.2 Å². The Kier molecular flexibility index (Phi) is 8.15. The highest BCUT2D eigenvalue weighted by Crippen LogP contribution is 2.16. The summed E-state index contributed by atoms with van der Waals surface area (Å²) in [4.78, 5) is 19.2. The molecule has 0 aliphatic rings. The fraction of sp³-hybridized carbons (Fsp3) is 0.111. The molecule has 0 aliphatic carbocycles. The minimum absolute atomic E-state index is 0. The van der Waals surface area contributed by atoms with Crippen LogP contribution >= 0.6 is 24.8 Å². The molecule has 5 nitrogen and oxygen atoms in total. The van der Waals surface area contributed by atoms with Crippen molar-refractivity contribution < 1.29 is 4.79 Å². The van der Waals surface area contributed by atoms with Crippen LogP contribution in [0.2, 0.25) is 0 Å². The Morgan fingerprint density at radius 2 is 1.96 bits per heavy atom. The summed E-state index contributed by atoms with van der Waals surface area (Å²) in [6.45, 7) is 0.391. The molecule has 0 unspecified atom stereocenters. The maximum Gasteiger partial charge on any atom is 0.244 e. The van der Waals surface area contributed by atoms with E-state index in [9.17, 15) is 4.79 Å². The average molecular weight is 379 g/mol. The van der Waals surface area contributed by atoms with E-state index < -0.39 is 0 Å². The van der Waals surface area contributed by atoms with Crippen molar-refractivity contribution in [2.75, 3.05) is 6.54 Å². The maximum atomic E-state index is 11.9. The lowest BCUT2D eigenvalue weighted by Gasteiger charge is -2.11.